The van der Waals surface area contributed by atoms with Crippen LogP contribution in [-0.4, -0.2) is 43.3 Å². The van der Waals surface area contributed by atoms with Crippen molar-refractivity contribution in [2.24, 2.45) is 0 Å². The zero-order chi connectivity index (χ0) is 15.0. The molecule has 0 unspecified atom stereocenters. The van der Waals surface area contributed by atoms with Crippen molar-refractivity contribution in [2.75, 3.05) is 11.9 Å². The average molecular weight is 288 g/mol. The van der Waals surface area contributed by atoms with Crippen LogP contribution >= 0.6 is 0 Å². The van der Waals surface area contributed by atoms with E-state index in [1.165, 1.54) is 0 Å². The van der Waals surface area contributed by atoms with Crippen molar-refractivity contribution in [1.29, 1.82) is 0 Å². The molecule has 0 saturated heterocycles. The Labute approximate surface area is 121 Å². The molecule has 3 rings (SSSR count). The van der Waals surface area contributed by atoms with Crippen molar-refractivity contribution in [1.82, 2.24) is 15.0 Å². The number of carbonyl (C=O) groups is 1. The fourth-order valence-electron chi connectivity index (χ4n) is 2.16. The van der Waals surface area contributed by atoms with Gasteiger partial charge in [0.05, 0.1) is 17.8 Å². The molecule has 2 heterocycles. The number of aromatic nitrogens is 3. The van der Waals surface area contributed by atoms with E-state index in [1.54, 1.807) is 18.5 Å². The Morgan fingerprint density at radius 1 is 1.52 bits per heavy atom. The highest BCUT2D eigenvalue weighted by atomic mass is 16.4. The topological polar surface area (TPSA) is 111 Å². The highest BCUT2D eigenvalue weighted by Crippen LogP contribution is 2.37. The minimum absolute atomic E-state index is 0.0485. The Morgan fingerprint density at radius 3 is 2.86 bits per heavy atom. The lowest BCUT2D eigenvalue weighted by Gasteiger charge is -2.15. The molecule has 1 aliphatic carbocycles. The number of nitrogens with one attached hydrogen (secondary N) is 2. The molecular formula is C14H16N4O3. The van der Waals surface area contributed by atoms with Gasteiger partial charge in [0, 0.05) is 18.0 Å². The van der Waals surface area contributed by atoms with Crippen LogP contribution in [0.4, 0.5) is 5.95 Å². The van der Waals surface area contributed by atoms with Gasteiger partial charge in [-0.25, -0.2) is 14.8 Å². The van der Waals surface area contributed by atoms with E-state index in [0.717, 1.165) is 18.4 Å². The summed E-state index contributed by atoms with van der Waals surface area (Å²) in [5.74, 6) is -0.566. The van der Waals surface area contributed by atoms with E-state index in [2.05, 4.69) is 20.3 Å². The first-order chi connectivity index (χ1) is 10.0. The highest BCUT2D eigenvalue weighted by Gasteiger charge is 2.42. The van der Waals surface area contributed by atoms with Crippen LogP contribution in [0.15, 0.2) is 18.5 Å². The van der Waals surface area contributed by atoms with Crippen LogP contribution in [0.2, 0.25) is 0 Å². The lowest BCUT2D eigenvalue weighted by atomic mass is 10.1. The van der Waals surface area contributed by atoms with Gasteiger partial charge < -0.3 is 20.5 Å². The minimum Gasteiger partial charge on any atom is -0.477 e. The first-order valence-corrected chi connectivity index (χ1v) is 6.68. The Hall–Kier alpha value is -2.41. The predicted molar refractivity (Wildman–Crippen MR) is 76.2 cm³/mol. The largest absolute Gasteiger partial charge is 0.477 e. The maximum Gasteiger partial charge on any atom is 0.352 e. The summed E-state index contributed by atoms with van der Waals surface area (Å²) in [6, 6.07) is 1.54. The summed E-state index contributed by atoms with van der Waals surface area (Å²) in [7, 11) is 0. The summed E-state index contributed by atoms with van der Waals surface area (Å²) < 4.78 is 0. The van der Waals surface area contributed by atoms with Crippen LogP contribution in [0.3, 0.4) is 0 Å². The number of carboxylic acids is 1. The molecule has 2 aromatic heterocycles. The third kappa shape index (κ3) is 2.59. The first-order valence-electron chi connectivity index (χ1n) is 6.68. The van der Waals surface area contributed by atoms with Gasteiger partial charge in [0.25, 0.3) is 0 Å². The summed E-state index contributed by atoms with van der Waals surface area (Å²) in [4.78, 5) is 22.3. The second-order valence-corrected chi connectivity index (χ2v) is 5.40. The maximum atomic E-state index is 10.9. The number of aromatic amines is 1. The molecular weight excluding hydrogens is 272 g/mol. The van der Waals surface area contributed by atoms with Crippen molar-refractivity contribution in [3.8, 4) is 11.3 Å². The molecule has 1 saturated carbocycles. The van der Waals surface area contributed by atoms with Crippen molar-refractivity contribution < 1.29 is 15.0 Å². The van der Waals surface area contributed by atoms with Gasteiger partial charge in [-0.1, -0.05) is 0 Å². The van der Waals surface area contributed by atoms with E-state index < -0.39 is 5.97 Å². The number of aromatic carboxylic acids is 1. The maximum absolute atomic E-state index is 10.9. The van der Waals surface area contributed by atoms with Crippen molar-refractivity contribution in [3.63, 3.8) is 0 Å². The lowest BCUT2D eigenvalue weighted by molar-refractivity contribution is 0.0691. The number of hydrogen-bond acceptors (Lipinski definition) is 5. The molecule has 1 fully saturated rings. The Morgan fingerprint density at radius 2 is 2.29 bits per heavy atom. The minimum atomic E-state index is -1.01. The SMILES string of the molecule is Cc1cnc(NC2(CO)CC2)nc1-c1c[nH]c(C(=O)O)c1. The molecule has 0 atom stereocenters. The number of carboxylic acid groups (broad SMARTS) is 1. The van der Waals surface area contributed by atoms with Crippen LogP contribution < -0.4 is 5.32 Å². The Kier molecular flexibility index (Phi) is 3.13. The lowest BCUT2D eigenvalue weighted by Crippen LogP contribution is -2.26. The number of aliphatic hydroxyl groups excluding tert-OH is 1. The Bertz CT molecular complexity index is 691. The molecule has 0 radical (unpaired) electrons. The predicted octanol–water partition coefficient (Wildman–Crippen LogP) is 1.42. The summed E-state index contributed by atoms with van der Waals surface area (Å²) >= 11 is 0. The quantitative estimate of drug-likeness (QED) is 0.662. The summed E-state index contributed by atoms with van der Waals surface area (Å²) in [6.07, 6.45) is 5.08. The second-order valence-electron chi connectivity index (χ2n) is 5.40. The van der Waals surface area contributed by atoms with E-state index >= 15 is 0 Å². The van der Waals surface area contributed by atoms with Gasteiger partial charge in [-0.2, -0.15) is 0 Å². The monoisotopic (exact) mass is 288 g/mol. The average Bonchev–Trinajstić information content (AvgIpc) is 3.06. The molecule has 4 N–H and O–H groups in total. The fourth-order valence-corrected chi connectivity index (χ4v) is 2.16. The summed E-state index contributed by atoms with van der Waals surface area (Å²) in [6.45, 7) is 1.92. The number of hydrogen-bond donors (Lipinski definition) is 4. The molecule has 0 aromatic carbocycles. The number of nitrogens with zero attached hydrogens (tertiary/aromatic N) is 2. The molecule has 21 heavy (non-hydrogen) atoms. The third-order valence-electron chi connectivity index (χ3n) is 3.69. The van der Waals surface area contributed by atoms with Crippen LogP contribution in [0.25, 0.3) is 11.3 Å². The van der Waals surface area contributed by atoms with Gasteiger partial charge in [0.1, 0.15) is 5.69 Å². The highest BCUT2D eigenvalue weighted by molar-refractivity contribution is 5.87. The van der Waals surface area contributed by atoms with Crippen LogP contribution in [0.1, 0.15) is 28.9 Å². The van der Waals surface area contributed by atoms with Crippen LogP contribution in [0.5, 0.6) is 0 Å². The number of aryl methyl sites for hydroxylation is 1. The van der Waals surface area contributed by atoms with Crippen molar-refractivity contribution in [2.45, 2.75) is 25.3 Å². The fraction of sp³-hybridized carbons (Fsp3) is 0.357. The number of aliphatic hydroxyl groups is 1. The number of rotatable bonds is 5. The Balaban J connectivity index is 1.92. The zero-order valence-corrected chi connectivity index (χ0v) is 11.6. The molecule has 2 aromatic rings. The van der Waals surface area contributed by atoms with E-state index in [0.29, 0.717) is 17.2 Å². The first kappa shape index (κ1) is 13.6. The van der Waals surface area contributed by atoms with Gasteiger partial charge in [-0.15, -0.1) is 0 Å². The van der Waals surface area contributed by atoms with Gasteiger partial charge in [0.2, 0.25) is 5.95 Å². The molecule has 0 aliphatic heterocycles. The molecule has 0 amide bonds. The van der Waals surface area contributed by atoms with E-state index in [9.17, 15) is 9.90 Å². The standard InChI is InChI=1S/C14H16N4O3/c1-8-5-16-13(18-14(7-19)2-3-14)17-11(8)9-4-10(12(20)21)15-6-9/h4-6,15,19H,2-3,7H2,1H3,(H,20,21)(H,16,17,18). The molecule has 0 bridgehead atoms. The van der Waals surface area contributed by atoms with Crippen molar-refractivity contribution >= 4 is 11.9 Å². The van der Waals surface area contributed by atoms with Crippen LogP contribution in [0, 0.1) is 6.92 Å². The van der Waals surface area contributed by atoms with Gasteiger partial charge >= 0.3 is 5.97 Å². The van der Waals surface area contributed by atoms with Gasteiger partial charge in [0.15, 0.2) is 0 Å². The summed E-state index contributed by atoms with van der Waals surface area (Å²) in [5.41, 5.74) is 2.04. The normalized spacial score (nSPS) is 15.7. The van der Waals surface area contributed by atoms with Crippen molar-refractivity contribution in [3.05, 3.63) is 29.7 Å². The van der Waals surface area contributed by atoms with E-state index in [-0.39, 0.29) is 17.8 Å². The number of H-pyrrole nitrogens is 1. The smallest absolute Gasteiger partial charge is 0.352 e. The molecule has 110 valence electrons. The molecule has 1 aliphatic rings. The van der Waals surface area contributed by atoms with E-state index in [4.69, 9.17) is 5.11 Å². The molecule has 7 nitrogen and oxygen atoms in total. The third-order valence-corrected chi connectivity index (χ3v) is 3.69. The summed E-state index contributed by atoms with van der Waals surface area (Å²) in [5, 5.41) is 21.4. The zero-order valence-electron chi connectivity index (χ0n) is 11.6. The van der Waals surface area contributed by atoms with Crippen LogP contribution in [-0.2, 0) is 0 Å². The second kappa shape index (κ2) is 4.85. The molecule has 7 heteroatoms. The van der Waals surface area contributed by atoms with Gasteiger partial charge in [-0.05, 0) is 31.4 Å². The van der Waals surface area contributed by atoms with Gasteiger partial charge in [-0.3, -0.25) is 0 Å². The molecule has 0 spiro atoms. The number of anilines is 1. The van der Waals surface area contributed by atoms with E-state index in [1.807, 2.05) is 6.92 Å².